The number of hydrogen-bond donors (Lipinski definition) is 2. The summed E-state index contributed by atoms with van der Waals surface area (Å²) in [6.07, 6.45) is 4.56. The van der Waals surface area contributed by atoms with Crippen molar-refractivity contribution in [1.29, 1.82) is 0 Å². The van der Waals surface area contributed by atoms with Gasteiger partial charge in [0.1, 0.15) is 10.7 Å². The number of ether oxygens (including phenoxy) is 1. The molecule has 102 valence electrons. The SMILES string of the molecule is NC(=S)c1ccc(OCC(=O)NC2CCCC2)cc1. The molecule has 19 heavy (non-hydrogen) atoms. The summed E-state index contributed by atoms with van der Waals surface area (Å²) in [4.78, 5) is 12.0. The molecule has 1 fully saturated rings. The first-order valence-corrected chi connectivity index (χ1v) is 6.88. The standard InChI is InChI=1S/C14H18N2O2S/c15-14(19)10-5-7-12(8-6-10)18-9-13(17)16-11-3-1-2-4-11/h5-8,11H,1-4,9H2,(H2,15,19)(H,16,17). The second-order valence-electron chi connectivity index (χ2n) is 4.73. The zero-order valence-electron chi connectivity index (χ0n) is 10.7. The van der Waals surface area contributed by atoms with Crippen LogP contribution in [0.3, 0.4) is 0 Å². The van der Waals surface area contributed by atoms with Gasteiger partial charge in [0.25, 0.3) is 5.91 Å². The Labute approximate surface area is 118 Å². The summed E-state index contributed by atoms with van der Waals surface area (Å²) >= 11 is 4.86. The number of nitrogens with two attached hydrogens (primary N) is 1. The van der Waals surface area contributed by atoms with Crippen LogP contribution in [-0.2, 0) is 4.79 Å². The van der Waals surface area contributed by atoms with Crippen LogP contribution in [-0.4, -0.2) is 23.5 Å². The highest BCUT2D eigenvalue weighted by Gasteiger charge is 2.17. The molecule has 0 spiro atoms. The van der Waals surface area contributed by atoms with Gasteiger partial charge in [-0.25, -0.2) is 0 Å². The van der Waals surface area contributed by atoms with Crippen molar-refractivity contribution in [2.45, 2.75) is 31.7 Å². The zero-order valence-corrected chi connectivity index (χ0v) is 11.5. The maximum Gasteiger partial charge on any atom is 0.258 e. The van der Waals surface area contributed by atoms with Crippen molar-refractivity contribution >= 4 is 23.1 Å². The maximum atomic E-state index is 11.7. The fraction of sp³-hybridized carbons (Fsp3) is 0.429. The highest BCUT2D eigenvalue weighted by atomic mass is 32.1. The van der Waals surface area contributed by atoms with Crippen molar-refractivity contribution in [3.05, 3.63) is 29.8 Å². The lowest BCUT2D eigenvalue weighted by Crippen LogP contribution is -2.36. The molecule has 0 bridgehead atoms. The average molecular weight is 278 g/mol. The molecule has 1 aromatic rings. The van der Waals surface area contributed by atoms with Crippen molar-refractivity contribution in [3.8, 4) is 5.75 Å². The van der Waals surface area contributed by atoms with Crippen LogP contribution in [0, 0.1) is 0 Å². The number of thiocarbonyl (C=S) groups is 1. The monoisotopic (exact) mass is 278 g/mol. The predicted molar refractivity (Wildman–Crippen MR) is 78.2 cm³/mol. The molecule has 3 N–H and O–H groups in total. The van der Waals surface area contributed by atoms with Crippen molar-refractivity contribution < 1.29 is 9.53 Å². The van der Waals surface area contributed by atoms with Gasteiger partial charge < -0.3 is 15.8 Å². The summed E-state index contributed by atoms with van der Waals surface area (Å²) in [5, 5.41) is 2.97. The molecular weight excluding hydrogens is 260 g/mol. The van der Waals surface area contributed by atoms with E-state index in [2.05, 4.69) is 5.32 Å². The van der Waals surface area contributed by atoms with Crippen LogP contribution in [0.2, 0.25) is 0 Å². The summed E-state index contributed by atoms with van der Waals surface area (Å²) in [5.74, 6) is 0.576. The third-order valence-electron chi connectivity index (χ3n) is 3.23. The number of benzene rings is 1. The van der Waals surface area contributed by atoms with Gasteiger partial charge in [-0.05, 0) is 37.1 Å². The van der Waals surface area contributed by atoms with Crippen molar-refractivity contribution in [3.63, 3.8) is 0 Å². The Hall–Kier alpha value is -1.62. The Morgan fingerprint density at radius 1 is 1.32 bits per heavy atom. The fourth-order valence-corrected chi connectivity index (χ4v) is 2.34. The molecule has 0 aromatic heterocycles. The van der Waals surface area contributed by atoms with Gasteiger partial charge in [-0.3, -0.25) is 4.79 Å². The first-order valence-electron chi connectivity index (χ1n) is 6.47. The third-order valence-corrected chi connectivity index (χ3v) is 3.46. The zero-order chi connectivity index (χ0) is 13.7. The van der Waals surface area contributed by atoms with Crippen LogP contribution in [0.25, 0.3) is 0 Å². The first-order chi connectivity index (χ1) is 9.15. The van der Waals surface area contributed by atoms with Gasteiger partial charge in [-0.2, -0.15) is 0 Å². The molecular formula is C14H18N2O2S. The molecule has 0 heterocycles. The number of nitrogens with one attached hydrogen (secondary N) is 1. The molecule has 4 nitrogen and oxygen atoms in total. The van der Waals surface area contributed by atoms with Crippen molar-refractivity contribution in [1.82, 2.24) is 5.32 Å². The van der Waals surface area contributed by atoms with E-state index in [0.29, 0.717) is 16.8 Å². The molecule has 1 saturated carbocycles. The largest absolute Gasteiger partial charge is 0.484 e. The van der Waals surface area contributed by atoms with E-state index in [1.165, 1.54) is 12.8 Å². The van der Waals surface area contributed by atoms with E-state index in [-0.39, 0.29) is 12.5 Å². The lowest BCUT2D eigenvalue weighted by Gasteiger charge is -2.12. The minimum atomic E-state index is -0.0645. The normalized spacial score (nSPS) is 15.2. The minimum absolute atomic E-state index is 0.0446. The van der Waals surface area contributed by atoms with Gasteiger partial charge in [0.05, 0.1) is 0 Å². The van der Waals surface area contributed by atoms with Gasteiger partial charge >= 0.3 is 0 Å². The summed E-state index contributed by atoms with van der Waals surface area (Å²) in [7, 11) is 0. The molecule has 1 aliphatic carbocycles. The molecule has 1 amide bonds. The molecule has 0 atom stereocenters. The highest BCUT2D eigenvalue weighted by molar-refractivity contribution is 7.80. The lowest BCUT2D eigenvalue weighted by molar-refractivity contribution is -0.123. The number of amides is 1. The smallest absolute Gasteiger partial charge is 0.258 e. The second kappa shape index (κ2) is 6.52. The van der Waals surface area contributed by atoms with Crippen LogP contribution in [0.5, 0.6) is 5.75 Å². The number of carbonyl (C=O) groups is 1. The van der Waals surface area contributed by atoms with E-state index in [1.807, 2.05) is 0 Å². The van der Waals surface area contributed by atoms with E-state index < -0.39 is 0 Å². The highest BCUT2D eigenvalue weighted by Crippen LogP contribution is 2.17. The van der Waals surface area contributed by atoms with Crippen LogP contribution >= 0.6 is 12.2 Å². The molecule has 0 saturated heterocycles. The second-order valence-corrected chi connectivity index (χ2v) is 5.17. The van der Waals surface area contributed by atoms with Crippen LogP contribution in [0.1, 0.15) is 31.2 Å². The van der Waals surface area contributed by atoms with Gasteiger partial charge in [0, 0.05) is 11.6 Å². The van der Waals surface area contributed by atoms with Gasteiger partial charge in [0.15, 0.2) is 6.61 Å². The number of hydrogen-bond acceptors (Lipinski definition) is 3. The molecule has 0 aliphatic heterocycles. The topological polar surface area (TPSA) is 64.3 Å². The van der Waals surface area contributed by atoms with Crippen molar-refractivity contribution in [2.75, 3.05) is 6.61 Å². The lowest BCUT2D eigenvalue weighted by atomic mass is 10.2. The summed E-state index contributed by atoms with van der Waals surface area (Å²) in [6.45, 7) is 0.0446. The molecule has 2 rings (SSSR count). The van der Waals surface area contributed by atoms with E-state index in [4.69, 9.17) is 22.7 Å². The van der Waals surface area contributed by atoms with E-state index in [1.54, 1.807) is 24.3 Å². The maximum absolute atomic E-state index is 11.7. The number of carbonyl (C=O) groups excluding carboxylic acids is 1. The third kappa shape index (κ3) is 4.21. The Bertz CT molecular complexity index is 453. The fourth-order valence-electron chi connectivity index (χ4n) is 2.20. The summed E-state index contributed by atoms with van der Waals surface area (Å²) in [5.41, 5.74) is 6.29. The van der Waals surface area contributed by atoms with Crippen LogP contribution in [0.4, 0.5) is 0 Å². The van der Waals surface area contributed by atoms with E-state index in [9.17, 15) is 4.79 Å². The van der Waals surface area contributed by atoms with Gasteiger partial charge in [-0.15, -0.1) is 0 Å². The quantitative estimate of drug-likeness (QED) is 0.806. The molecule has 1 aromatic carbocycles. The first kappa shape index (κ1) is 13.8. The Morgan fingerprint density at radius 3 is 2.53 bits per heavy atom. The Balaban J connectivity index is 1.77. The number of rotatable bonds is 5. The molecule has 5 heteroatoms. The summed E-state index contributed by atoms with van der Waals surface area (Å²) in [6, 6.07) is 7.42. The van der Waals surface area contributed by atoms with Gasteiger partial charge in [0.2, 0.25) is 0 Å². The van der Waals surface area contributed by atoms with E-state index >= 15 is 0 Å². The summed E-state index contributed by atoms with van der Waals surface area (Å²) < 4.78 is 5.42. The average Bonchev–Trinajstić information content (AvgIpc) is 2.89. The molecule has 0 radical (unpaired) electrons. The van der Waals surface area contributed by atoms with Crippen molar-refractivity contribution in [2.24, 2.45) is 5.73 Å². The van der Waals surface area contributed by atoms with E-state index in [0.717, 1.165) is 18.4 Å². The Morgan fingerprint density at radius 2 is 1.95 bits per heavy atom. The van der Waals surface area contributed by atoms with Gasteiger partial charge in [-0.1, -0.05) is 25.1 Å². The molecule has 1 aliphatic rings. The predicted octanol–water partition coefficient (Wildman–Crippen LogP) is 1.76. The Kier molecular flexibility index (Phi) is 4.74. The molecule has 0 unspecified atom stereocenters. The minimum Gasteiger partial charge on any atom is -0.484 e. The van der Waals surface area contributed by atoms with Crippen LogP contribution < -0.4 is 15.8 Å². The van der Waals surface area contributed by atoms with Crippen LogP contribution in [0.15, 0.2) is 24.3 Å².